The van der Waals surface area contributed by atoms with Crippen LogP contribution in [0.5, 0.6) is 0 Å². The average molecular weight is 377 g/mol. The van der Waals surface area contributed by atoms with Gasteiger partial charge in [-0.25, -0.2) is 0 Å². The summed E-state index contributed by atoms with van der Waals surface area (Å²) in [6, 6.07) is 0. The standard InChI is InChI=1S/C8H24O9Si4/c1-9-18(8)16-20(12-4,13-5)21(14-6,15-7)17-19(18,10-2)11-3/h1-8H3. The molecule has 0 amide bonds. The number of hydrogen-bond donors (Lipinski definition) is 0. The highest BCUT2D eigenvalue weighted by molar-refractivity contribution is 7.42. The van der Waals surface area contributed by atoms with Crippen molar-refractivity contribution in [1.82, 2.24) is 0 Å². The third-order valence-electron chi connectivity index (χ3n) is 3.53. The van der Waals surface area contributed by atoms with Gasteiger partial charge in [0.1, 0.15) is 0 Å². The third kappa shape index (κ3) is 2.65. The van der Waals surface area contributed by atoms with Crippen LogP contribution >= 0.6 is 0 Å². The maximum Gasteiger partial charge on any atom is 0.569 e. The van der Waals surface area contributed by atoms with Crippen LogP contribution in [-0.4, -0.2) is 82.8 Å². The van der Waals surface area contributed by atoms with Crippen molar-refractivity contribution in [2.24, 2.45) is 0 Å². The highest BCUT2D eigenvalue weighted by Crippen LogP contribution is 2.40. The highest BCUT2D eigenvalue weighted by atomic mass is 29.4. The first kappa shape index (κ1) is 19.6. The largest absolute Gasteiger partial charge is 0.569 e. The van der Waals surface area contributed by atoms with E-state index in [0.717, 1.165) is 0 Å². The molecule has 1 fully saturated rings. The van der Waals surface area contributed by atoms with Crippen LogP contribution in [0.1, 0.15) is 0 Å². The van der Waals surface area contributed by atoms with E-state index in [1.54, 1.807) is 6.55 Å². The van der Waals surface area contributed by atoms with Crippen LogP contribution in [0.15, 0.2) is 0 Å². The minimum Gasteiger partial charge on any atom is -0.396 e. The van der Waals surface area contributed by atoms with Crippen molar-refractivity contribution >= 4 is 33.0 Å². The smallest absolute Gasteiger partial charge is 0.396 e. The van der Waals surface area contributed by atoms with E-state index < -0.39 is 33.0 Å². The summed E-state index contributed by atoms with van der Waals surface area (Å²) in [5.41, 5.74) is 0. The fraction of sp³-hybridized carbons (Fsp3) is 1.00. The second kappa shape index (κ2) is 6.95. The summed E-state index contributed by atoms with van der Waals surface area (Å²) in [4.78, 5) is 0. The summed E-state index contributed by atoms with van der Waals surface area (Å²) in [6.45, 7) is 1.79. The fourth-order valence-corrected chi connectivity index (χ4v) is 31.0. The molecule has 0 aromatic carbocycles. The van der Waals surface area contributed by atoms with E-state index in [1.807, 2.05) is 0 Å². The second-order valence-corrected chi connectivity index (χ2v) is 22.2. The lowest BCUT2D eigenvalue weighted by Gasteiger charge is -2.52. The molecule has 0 aliphatic carbocycles. The molecule has 0 saturated carbocycles. The topological polar surface area (TPSA) is 83.1 Å². The molecule has 0 aromatic rings. The normalized spacial score (nSPS) is 30.3. The highest BCUT2D eigenvalue weighted by Gasteiger charge is 2.85. The van der Waals surface area contributed by atoms with E-state index in [9.17, 15) is 0 Å². The van der Waals surface area contributed by atoms with Gasteiger partial charge in [-0.05, 0) is 6.55 Å². The van der Waals surface area contributed by atoms with E-state index in [0.29, 0.717) is 0 Å². The molecule has 0 bridgehead atoms. The van der Waals surface area contributed by atoms with E-state index in [4.69, 9.17) is 39.2 Å². The van der Waals surface area contributed by atoms with Gasteiger partial charge in [-0.1, -0.05) is 0 Å². The molecule has 21 heavy (non-hydrogen) atoms. The first-order chi connectivity index (χ1) is 9.84. The van der Waals surface area contributed by atoms with Crippen molar-refractivity contribution in [3.05, 3.63) is 0 Å². The van der Waals surface area contributed by atoms with Crippen LogP contribution in [0.4, 0.5) is 0 Å². The van der Waals surface area contributed by atoms with Gasteiger partial charge in [0.05, 0.1) is 0 Å². The molecule has 9 nitrogen and oxygen atoms in total. The zero-order chi connectivity index (χ0) is 16.4. The summed E-state index contributed by atoms with van der Waals surface area (Å²) < 4.78 is 51.3. The maximum absolute atomic E-state index is 6.21. The summed E-state index contributed by atoms with van der Waals surface area (Å²) in [5.74, 6) is 0. The van der Waals surface area contributed by atoms with Crippen molar-refractivity contribution in [1.29, 1.82) is 0 Å². The SMILES string of the molecule is CO[Si]1(C)O[Si](OC)(OC)[Si](OC)(OC)O[Si]1(OC)OC. The second-order valence-electron chi connectivity index (χ2n) is 4.25. The van der Waals surface area contributed by atoms with E-state index >= 15 is 0 Å². The zero-order valence-corrected chi connectivity index (χ0v) is 17.7. The van der Waals surface area contributed by atoms with Gasteiger partial charge in [0.2, 0.25) is 0 Å². The molecule has 1 heterocycles. The molecular formula is C8H24O9Si4. The van der Waals surface area contributed by atoms with Crippen molar-refractivity contribution in [2.45, 2.75) is 6.55 Å². The number of rotatable bonds is 7. The summed E-state index contributed by atoms with van der Waals surface area (Å²) >= 11 is 0. The third-order valence-corrected chi connectivity index (χ3v) is 27.7. The Morgan fingerprint density at radius 1 is 0.476 bits per heavy atom. The molecule has 126 valence electrons. The van der Waals surface area contributed by atoms with Crippen molar-refractivity contribution < 1.29 is 39.2 Å². The molecule has 1 aliphatic rings. The van der Waals surface area contributed by atoms with Gasteiger partial charge in [0.15, 0.2) is 0 Å². The van der Waals surface area contributed by atoms with Crippen LogP contribution in [-0.2, 0) is 39.2 Å². The van der Waals surface area contributed by atoms with Gasteiger partial charge >= 0.3 is 33.0 Å². The van der Waals surface area contributed by atoms with Crippen LogP contribution in [0.2, 0.25) is 6.55 Å². The lowest BCUT2D eigenvalue weighted by molar-refractivity contribution is 0.0464. The maximum atomic E-state index is 6.21. The molecular weight excluding hydrogens is 352 g/mol. The Bertz CT molecular complexity index is 347. The van der Waals surface area contributed by atoms with Gasteiger partial charge in [-0.3, -0.25) is 0 Å². The van der Waals surface area contributed by atoms with Crippen molar-refractivity contribution in [2.75, 3.05) is 49.8 Å². The Kier molecular flexibility index (Phi) is 6.47. The van der Waals surface area contributed by atoms with Gasteiger partial charge in [-0.2, -0.15) is 0 Å². The van der Waals surface area contributed by atoms with Crippen molar-refractivity contribution in [3.63, 3.8) is 0 Å². The predicted octanol–water partition coefficient (Wildman–Crippen LogP) is -0.396. The lowest BCUT2D eigenvalue weighted by atomic mass is 11.8. The first-order valence-corrected chi connectivity index (χ1v) is 15.6. The summed E-state index contributed by atoms with van der Waals surface area (Å²) in [5, 5.41) is 0. The Balaban J connectivity index is 3.47. The van der Waals surface area contributed by atoms with Crippen LogP contribution in [0.25, 0.3) is 0 Å². The molecule has 0 spiro atoms. The van der Waals surface area contributed by atoms with Crippen LogP contribution in [0, 0.1) is 0 Å². The Labute approximate surface area is 129 Å². The van der Waals surface area contributed by atoms with Gasteiger partial charge in [-0.15, -0.1) is 0 Å². The molecule has 0 aromatic heterocycles. The molecule has 0 N–H and O–H groups in total. The molecule has 1 saturated heterocycles. The minimum absolute atomic E-state index is 1.46. The lowest BCUT2D eigenvalue weighted by Crippen LogP contribution is -2.89. The van der Waals surface area contributed by atoms with Crippen molar-refractivity contribution in [3.8, 4) is 0 Å². The zero-order valence-electron chi connectivity index (χ0n) is 13.7. The van der Waals surface area contributed by atoms with Crippen LogP contribution in [0.3, 0.4) is 0 Å². The first-order valence-electron chi connectivity index (χ1n) is 6.10. The minimum atomic E-state index is -3.45. The summed E-state index contributed by atoms with van der Waals surface area (Å²) in [7, 11) is -2.84. The van der Waals surface area contributed by atoms with E-state index in [-0.39, 0.29) is 0 Å². The van der Waals surface area contributed by atoms with Gasteiger partial charge < -0.3 is 39.2 Å². The Hall–Kier alpha value is 0.508. The van der Waals surface area contributed by atoms with E-state index in [2.05, 4.69) is 0 Å². The quantitative estimate of drug-likeness (QED) is 0.551. The molecule has 1 rings (SSSR count). The Morgan fingerprint density at radius 2 is 0.810 bits per heavy atom. The molecule has 13 heteroatoms. The molecule has 1 atom stereocenters. The Morgan fingerprint density at radius 3 is 1.10 bits per heavy atom. The molecule has 0 radical (unpaired) electrons. The number of hydrogen-bond acceptors (Lipinski definition) is 9. The monoisotopic (exact) mass is 376 g/mol. The predicted molar refractivity (Wildman–Crippen MR) is 80.1 cm³/mol. The fourth-order valence-electron chi connectivity index (χ4n) is 2.25. The van der Waals surface area contributed by atoms with Crippen LogP contribution < -0.4 is 0 Å². The van der Waals surface area contributed by atoms with E-state index in [1.165, 1.54) is 49.8 Å². The molecule has 1 unspecified atom stereocenters. The van der Waals surface area contributed by atoms with Gasteiger partial charge in [0.25, 0.3) is 0 Å². The summed E-state index contributed by atoms with van der Waals surface area (Å²) in [6.07, 6.45) is 0. The molecule has 1 aliphatic heterocycles. The van der Waals surface area contributed by atoms with Gasteiger partial charge in [0, 0.05) is 49.8 Å². The average Bonchev–Trinajstić information content (AvgIpc) is 2.54.